The average molecular weight is 457 g/mol. The number of rotatable bonds is 6. The average Bonchev–Trinajstić information content (AvgIpc) is 2.68. The second kappa shape index (κ2) is 10.1. The fourth-order valence-electron chi connectivity index (χ4n) is 3.01. The maximum Gasteiger partial charge on any atom is 0.317 e. The Morgan fingerprint density at radius 2 is 2.29 bits per heavy atom. The molecule has 2 N–H and O–H groups in total. The molecule has 0 saturated heterocycles. The monoisotopic (exact) mass is 456 g/mol. The first-order valence-electron chi connectivity index (χ1n) is 9.51. The molecule has 0 unspecified atom stereocenters. The number of carbonyl (C=O) groups excluding carboxylic acids is 2. The van der Waals surface area contributed by atoms with Crippen LogP contribution in [0.15, 0.2) is 16.7 Å². The Balaban J connectivity index is 2.31. The minimum Gasteiger partial charge on any atom is -0.472 e. The summed E-state index contributed by atoms with van der Waals surface area (Å²) in [7, 11) is 1.72. The van der Waals surface area contributed by atoms with Gasteiger partial charge in [0.2, 0.25) is 5.88 Å². The molecule has 0 radical (unpaired) electrons. The van der Waals surface area contributed by atoms with Crippen molar-refractivity contribution in [2.45, 2.75) is 39.3 Å². The van der Waals surface area contributed by atoms with Crippen LogP contribution in [0.2, 0.25) is 0 Å². The van der Waals surface area contributed by atoms with Crippen LogP contribution in [0.1, 0.15) is 37.6 Å². The molecule has 9 heteroatoms. The number of pyridine rings is 1. The summed E-state index contributed by atoms with van der Waals surface area (Å²) in [5, 5.41) is 12.5. The number of aliphatic hydroxyl groups excluding tert-OH is 1. The Morgan fingerprint density at radius 3 is 2.93 bits per heavy atom. The molecule has 0 saturated carbocycles. The molecule has 0 fully saturated rings. The summed E-state index contributed by atoms with van der Waals surface area (Å²) in [6, 6.07) is 1.17. The Morgan fingerprint density at radius 1 is 1.57 bits per heavy atom. The van der Waals surface area contributed by atoms with Gasteiger partial charge in [0, 0.05) is 36.7 Å². The van der Waals surface area contributed by atoms with Gasteiger partial charge in [0.1, 0.15) is 11.7 Å². The number of halogens is 1. The zero-order valence-corrected chi connectivity index (χ0v) is 18.4. The van der Waals surface area contributed by atoms with Gasteiger partial charge in [0.15, 0.2) is 0 Å². The maximum atomic E-state index is 13.0. The number of aliphatic hydroxyl groups is 1. The highest BCUT2D eigenvalue weighted by Crippen LogP contribution is 2.28. The molecule has 3 atom stereocenters. The number of aromatic nitrogens is 1. The predicted octanol–water partition coefficient (Wildman–Crippen LogP) is 2.12. The van der Waals surface area contributed by atoms with E-state index in [4.69, 9.17) is 4.74 Å². The molecule has 156 valence electrons. The quantitative estimate of drug-likeness (QED) is 0.683. The number of fused-ring (bicyclic) bond motifs is 1. The Hall–Kier alpha value is -1.87. The van der Waals surface area contributed by atoms with E-state index in [-0.39, 0.29) is 42.5 Å². The molecule has 0 aromatic carbocycles. The molecular weight excluding hydrogens is 428 g/mol. The number of nitrogens with zero attached hydrogens (tertiary/aromatic N) is 3. The highest BCUT2D eigenvalue weighted by Gasteiger charge is 2.34. The summed E-state index contributed by atoms with van der Waals surface area (Å²) in [5.74, 6) is -0.0649. The van der Waals surface area contributed by atoms with E-state index in [1.165, 1.54) is 0 Å². The SMILES string of the molecule is CCCNC(=O)N(C)C[C@@H]1Oc2ncc(Br)cc2C(=O)N([C@H](C)CO)C[C@H]1C. The highest BCUT2D eigenvalue weighted by atomic mass is 79.9. The van der Waals surface area contributed by atoms with Gasteiger partial charge in [-0.05, 0) is 35.3 Å². The van der Waals surface area contributed by atoms with Gasteiger partial charge in [-0.25, -0.2) is 9.78 Å². The smallest absolute Gasteiger partial charge is 0.317 e. The van der Waals surface area contributed by atoms with Crippen LogP contribution >= 0.6 is 15.9 Å². The molecule has 1 aromatic heterocycles. The first kappa shape index (κ1) is 22.4. The van der Waals surface area contributed by atoms with E-state index in [9.17, 15) is 14.7 Å². The third-order valence-corrected chi connectivity index (χ3v) is 5.25. The van der Waals surface area contributed by atoms with Crippen LogP contribution in [0.3, 0.4) is 0 Å². The molecule has 3 amide bonds. The van der Waals surface area contributed by atoms with Gasteiger partial charge in [-0.3, -0.25) is 4.79 Å². The fourth-order valence-corrected chi connectivity index (χ4v) is 3.35. The molecule has 0 spiro atoms. The van der Waals surface area contributed by atoms with E-state index in [0.717, 1.165) is 6.42 Å². The van der Waals surface area contributed by atoms with E-state index < -0.39 is 0 Å². The lowest BCUT2D eigenvalue weighted by Gasteiger charge is -2.37. The van der Waals surface area contributed by atoms with Crippen molar-refractivity contribution in [1.82, 2.24) is 20.1 Å². The normalized spacial score (nSPS) is 20.5. The third kappa shape index (κ3) is 5.35. The molecular formula is C19H29BrN4O4. The molecule has 8 nitrogen and oxygen atoms in total. The second-order valence-electron chi connectivity index (χ2n) is 7.24. The molecule has 1 aliphatic rings. The lowest BCUT2D eigenvalue weighted by atomic mass is 10.0. The number of urea groups is 1. The van der Waals surface area contributed by atoms with Crippen molar-refractivity contribution >= 4 is 27.9 Å². The van der Waals surface area contributed by atoms with Gasteiger partial charge in [-0.2, -0.15) is 0 Å². The van der Waals surface area contributed by atoms with Crippen LogP contribution in [0.25, 0.3) is 0 Å². The van der Waals surface area contributed by atoms with E-state index in [0.29, 0.717) is 29.7 Å². The lowest BCUT2D eigenvalue weighted by Crippen LogP contribution is -2.51. The van der Waals surface area contributed by atoms with Crippen molar-refractivity contribution in [1.29, 1.82) is 0 Å². The van der Waals surface area contributed by atoms with E-state index >= 15 is 0 Å². The van der Waals surface area contributed by atoms with Gasteiger partial charge in [-0.1, -0.05) is 13.8 Å². The van der Waals surface area contributed by atoms with Gasteiger partial charge in [-0.15, -0.1) is 0 Å². The second-order valence-corrected chi connectivity index (χ2v) is 8.16. The Bertz CT molecular complexity index is 703. The predicted molar refractivity (Wildman–Crippen MR) is 109 cm³/mol. The number of hydrogen-bond donors (Lipinski definition) is 2. The number of nitrogens with one attached hydrogen (secondary N) is 1. The van der Waals surface area contributed by atoms with Crippen LogP contribution < -0.4 is 10.1 Å². The standard InChI is InChI=1S/C19H29BrN4O4/c1-5-6-21-19(27)23(4)10-16-12(2)9-24(13(3)11-25)18(26)15-7-14(20)8-22-17(15)28-16/h7-8,12-13,16,25H,5-6,9-11H2,1-4H3,(H,21,27)/t12-,13-,16+/m1/s1. The van der Waals surface area contributed by atoms with Crippen LogP contribution in [-0.4, -0.2) is 77.3 Å². The topological polar surface area (TPSA) is 95.0 Å². The first-order valence-corrected chi connectivity index (χ1v) is 10.3. The number of carbonyl (C=O) groups is 2. The van der Waals surface area contributed by atoms with Crippen molar-refractivity contribution in [3.63, 3.8) is 0 Å². The zero-order chi connectivity index (χ0) is 20.8. The van der Waals surface area contributed by atoms with Crippen molar-refractivity contribution in [3.05, 3.63) is 22.3 Å². The lowest BCUT2D eigenvalue weighted by molar-refractivity contribution is 0.0352. The van der Waals surface area contributed by atoms with Crippen molar-refractivity contribution in [2.24, 2.45) is 5.92 Å². The van der Waals surface area contributed by atoms with Crippen LogP contribution in [0, 0.1) is 5.92 Å². The highest BCUT2D eigenvalue weighted by molar-refractivity contribution is 9.10. The fraction of sp³-hybridized carbons (Fsp3) is 0.632. The number of hydrogen-bond acceptors (Lipinski definition) is 5. The van der Waals surface area contributed by atoms with Crippen LogP contribution in [0.4, 0.5) is 4.79 Å². The summed E-state index contributed by atoms with van der Waals surface area (Å²) in [4.78, 5) is 32.8. The largest absolute Gasteiger partial charge is 0.472 e. The number of ether oxygens (including phenoxy) is 1. The van der Waals surface area contributed by atoms with Crippen molar-refractivity contribution < 1.29 is 19.4 Å². The Kier molecular flexibility index (Phi) is 8.06. The summed E-state index contributed by atoms with van der Waals surface area (Å²) in [6.07, 6.45) is 2.08. The summed E-state index contributed by atoms with van der Waals surface area (Å²) >= 11 is 3.35. The summed E-state index contributed by atoms with van der Waals surface area (Å²) in [5.41, 5.74) is 0.338. The zero-order valence-electron chi connectivity index (χ0n) is 16.8. The van der Waals surface area contributed by atoms with E-state index in [1.807, 2.05) is 13.8 Å². The van der Waals surface area contributed by atoms with Gasteiger partial charge in [0.25, 0.3) is 5.91 Å². The van der Waals surface area contributed by atoms with Crippen molar-refractivity contribution in [2.75, 3.05) is 33.3 Å². The van der Waals surface area contributed by atoms with Gasteiger partial charge < -0.3 is 25.0 Å². The van der Waals surface area contributed by atoms with Gasteiger partial charge in [0.05, 0.1) is 19.2 Å². The van der Waals surface area contributed by atoms with E-state index in [2.05, 4.69) is 26.2 Å². The molecule has 2 rings (SSSR count). The molecule has 1 aliphatic heterocycles. The molecule has 0 aliphatic carbocycles. The number of likely N-dealkylation sites (N-methyl/N-ethyl adjacent to an activating group) is 1. The minimum atomic E-state index is -0.355. The molecule has 28 heavy (non-hydrogen) atoms. The van der Waals surface area contributed by atoms with E-state index in [1.54, 1.807) is 36.0 Å². The third-order valence-electron chi connectivity index (χ3n) is 4.81. The Labute approximate surface area is 174 Å². The van der Waals surface area contributed by atoms with Crippen molar-refractivity contribution in [3.8, 4) is 5.88 Å². The molecule has 1 aromatic rings. The molecule has 2 heterocycles. The number of amides is 3. The van der Waals surface area contributed by atoms with Gasteiger partial charge >= 0.3 is 6.03 Å². The summed E-state index contributed by atoms with van der Waals surface area (Å²) in [6.45, 7) is 6.99. The first-order chi connectivity index (χ1) is 13.3. The minimum absolute atomic E-state index is 0.0713. The summed E-state index contributed by atoms with van der Waals surface area (Å²) < 4.78 is 6.77. The molecule has 0 bridgehead atoms. The maximum absolute atomic E-state index is 13.0. The van der Waals surface area contributed by atoms with Crippen LogP contribution in [0.5, 0.6) is 5.88 Å². The van der Waals surface area contributed by atoms with Crippen LogP contribution in [-0.2, 0) is 0 Å².